The van der Waals surface area contributed by atoms with E-state index in [2.05, 4.69) is 0 Å². The van der Waals surface area contributed by atoms with Gasteiger partial charge in [-0.3, -0.25) is 4.79 Å². The summed E-state index contributed by atoms with van der Waals surface area (Å²) in [6, 6.07) is 5.77. The maximum atomic E-state index is 12.6. The zero-order chi connectivity index (χ0) is 12.9. The summed E-state index contributed by atoms with van der Waals surface area (Å²) in [5.41, 5.74) is 1.70. The van der Waals surface area contributed by atoms with Crippen LogP contribution in [-0.2, 0) is 16.8 Å². The molecule has 0 radical (unpaired) electrons. The molecule has 3 rings (SSSR count). The summed E-state index contributed by atoms with van der Waals surface area (Å²) in [5.74, 6) is 0.204. The van der Waals surface area contributed by atoms with E-state index in [-0.39, 0.29) is 18.4 Å². The molecule has 1 saturated carbocycles. The van der Waals surface area contributed by atoms with Crippen LogP contribution in [0.5, 0.6) is 0 Å². The fourth-order valence-electron chi connectivity index (χ4n) is 3.17. The highest BCUT2D eigenvalue weighted by Crippen LogP contribution is 2.58. The van der Waals surface area contributed by atoms with Gasteiger partial charge in [0, 0.05) is 30.6 Å². The number of halogens is 1. The van der Waals surface area contributed by atoms with E-state index in [9.17, 15) is 9.90 Å². The fourth-order valence-corrected chi connectivity index (χ4v) is 3.35. The van der Waals surface area contributed by atoms with Gasteiger partial charge in [-0.15, -0.1) is 0 Å². The van der Waals surface area contributed by atoms with Gasteiger partial charge in [-0.05, 0) is 36.6 Å². The molecule has 2 atom stereocenters. The molecule has 18 heavy (non-hydrogen) atoms. The van der Waals surface area contributed by atoms with Gasteiger partial charge >= 0.3 is 0 Å². The minimum Gasteiger partial charge on any atom is -0.396 e. The molecular formula is C14H16ClNO2. The topological polar surface area (TPSA) is 40.5 Å². The molecule has 0 saturated heterocycles. The molecule has 1 N–H and O–H groups in total. The molecule has 4 heteroatoms. The van der Waals surface area contributed by atoms with E-state index in [1.165, 1.54) is 0 Å². The molecule has 1 aromatic carbocycles. The van der Waals surface area contributed by atoms with E-state index in [0.717, 1.165) is 17.5 Å². The first kappa shape index (κ1) is 12.0. The first-order valence-corrected chi connectivity index (χ1v) is 6.70. The van der Waals surface area contributed by atoms with Gasteiger partial charge in [-0.25, -0.2) is 0 Å². The van der Waals surface area contributed by atoms with Crippen LogP contribution in [0, 0.1) is 5.92 Å². The van der Waals surface area contributed by atoms with Gasteiger partial charge in [-0.2, -0.15) is 0 Å². The van der Waals surface area contributed by atoms with Crippen molar-refractivity contribution in [2.24, 2.45) is 5.92 Å². The van der Waals surface area contributed by atoms with E-state index < -0.39 is 5.41 Å². The zero-order valence-electron chi connectivity index (χ0n) is 10.3. The summed E-state index contributed by atoms with van der Waals surface area (Å²) < 4.78 is 0. The third kappa shape index (κ3) is 1.44. The highest BCUT2D eigenvalue weighted by Gasteiger charge is 2.63. The molecule has 2 aliphatic rings. The Balaban J connectivity index is 2.13. The number of aliphatic hydroxyl groups excluding tert-OH is 1. The van der Waals surface area contributed by atoms with Crippen molar-refractivity contribution in [2.45, 2.75) is 25.3 Å². The molecule has 0 bridgehead atoms. The Hall–Kier alpha value is -1.06. The lowest BCUT2D eigenvalue weighted by atomic mass is 9.84. The van der Waals surface area contributed by atoms with E-state index in [4.69, 9.17) is 11.6 Å². The molecule has 1 aliphatic carbocycles. The van der Waals surface area contributed by atoms with Crippen LogP contribution in [0.3, 0.4) is 0 Å². The number of aliphatic hydroxyl groups is 1. The third-order valence-corrected chi connectivity index (χ3v) is 4.52. The second kappa shape index (κ2) is 3.97. The predicted octanol–water partition coefficient (Wildman–Crippen LogP) is 1.95. The van der Waals surface area contributed by atoms with Gasteiger partial charge in [-0.1, -0.05) is 17.7 Å². The van der Waals surface area contributed by atoms with Crippen molar-refractivity contribution in [3.63, 3.8) is 0 Å². The third-order valence-electron chi connectivity index (χ3n) is 4.29. The minimum absolute atomic E-state index is 0.0524. The largest absolute Gasteiger partial charge is 0.396 e. The molecule has 1 spiro atoms. The van der Waals surface area contributed by atoms with Crippen LogP contribution in [0.15, 0.2) is 18.2 Å². The normalized spacial score (nSPS) is 29.6. The van der Waals surface area contributed by atoms with Crippen LogP contribution in [0.25, 0.3) is 0 Å². The summed E-state index contributed by atoms with van der Waals surface area (Å²) in [7, 11) is 0. The standard InChI is InChI=1S/C14H16ClNO2/c1-2-16-7-9-3-4-11(15)5-12(9)14(13(16)18)6-10(14)8-17/h3-5,10,17H,2,6-8H2,1H3. The van der Waals surface area contributed by atoms with Crippen molar-refractivity contribution in [1.82, 2.24) is 4.90 Å². The molecule has 1 heterocycles. The Bertz CT molecular complexity index is 517. The number of likely N-dealkylation sites (N-methyl/N-ethyl adjacent to an activating group) is 1. The van der Waals surface area contributed by atoms with Crippen molar-refractivity contribution < 1.29 is 9.90 Å². The van der Waals surface area contributed by atoms with Crippen LogP contribution >= 0.6 is 11.6 Å². The Labute approximate surface area is 111 Å². The van der Waals surface area contributed by atoms with Crippen molar-refractivity contribution in [3.8, 4) is 0 Å². The molecule has 1 aromatic rings. The number of amides is 1. The number of hydrogen-bond donors (Lipinski definition) is 1. The maximum Gasteiger partial charge on any atom is 0.233 e. The van der Waals surface area contributed by atoms with E-state index in [1.54, 1.807) is 0 Å². The first-order chi connectivity index (χ1) is 8.63. The van der Waals surface area contributed by atoms with Crippen LogP contribution in [0.1, 0.15) is 24.5 Å². The average Bonchev–Trinajstić information content (AvgIpc) is 3.10. The number of carbonyl (C=O) groups is 1. The molecule has 1 amide bonds. The molecule has 1 aliphatic heterocycles. The van der Waals surface area contributed by atoms with Gasteiger partial charge in [0.05, 0.1) is 5.41 Å². The lowest BCUT2D eigenvalue weighted by molar-refractivity contribution is -0.136. The summed E-state index contributed by atoms with van der Waals surface area (Å²) >= 11 is 6.05. The van der Waals surface area contributed by atoms with Gasteiger partial charge in [0.2, 0.25) is 5.91 Å². The molecule has 0 aromatic heterocycles. The van der Waals surface area contributed by atoms with Gasteiger partial charge in [0.1, 0.15) is 0 Å². The van der Waals surface area contributed by atoms with Crippen LogP contribution in [0.4, 0.5) is 0 Å². The van der Waals surface area contributed by atoms with Crippen LogP contribution in [-0.4, -0.2) is 29.1 Å². The average molecular weight is 266 g/mol. The van der Waals surface area contributed by atoms with E-state index in [0.29, 0.717) is 18.1 Å². The zero-order valence-corrected chi connectivity index (χ0v) is 11.1. The molecule has 2 unspecified atom stereocenters. The number of carbonyl (C=O) groups excluding carboxylic acids is 1. The number of nitrogens with zero attached hydrogens (tertiary/aromatic N) is 1. The second-order valence-corrected chi connectivity index (χ2v) is 5.61. The van der Waals surface area contributed by atoms with Crippen LogP contribution in [0.2, 0.25) is 5.02 Å². The summed E-state index contributed by atoms with van der Waals surface area (Å²) in [5, 5.41) is 10.1. The fraction of sp³-hybridized carbons (Fsp3) is 0.500. The summed E-state index contributed by atoms with van der Waals surface area (Å²) in [6.07, 6.45) is 0.742. The van der Waals surface area contributed by atoms with Gasteiger partial charge in [0.15, 0.2) is 0 Å². The van der Waals surface area contributed by atoms with Crippen molar-refractivity contribution in [2.75, 3.05) is 13.2 Å². The number of benzene rings is 1. The number of hydrogen-bond acceptors (Lipinski definition) is 2. The smallest absolute Gasteiger partial charge is 0.233 e. The Kier molecular flexibility index (Phi) is 2.65. The monoisotopic (exact) mass is 265 g/mol. The Morgan fingerprint density at radius 2 is 2.33 bits per heavy atom. The second-order valence-electron chi connectivity index (χ2n) is 5.18. The Morgan fingerprint density at radius 1 is 1.56 bits per heavy atom. The van der Waals surface area contributed by atoms with Crippen LogP contribution < -0.4 is 0 Å². The van der Waals surface area contributed by atoms with Crippen molar-refractivity contribution in [3.05, 3.63) is 34.3 Å². The highest BCUT2D eigenvalue weighted by molar-refractivity contribution is 6.30. The molecule has 1 fully saturated rings. The quantitative estimate of drug-likeness (QED) is 0.888. The number of rotatable bonds is 2. The minimum atomic E-state index is -0.497. The van der Waals surface area contributed by atoms with Crippen molar-refractivity contribution >= 4 is 17.5 Å². The molecule has 3 nitrogen and oxygen atoms in total. The van der Waals surface area contributed by atoms with Crippen molar-refractivity contribution in [1.29, 1.82) is 0 Å². The summed E-state index contributed by atoms with van der Waals surface area (Å²) in [4.78, 5) is 14.4. The molecule has 96 valence electrons. The first-order valence-electron chi connectivity index (χ1n) is 6.32. The van der Waals surface area contributed by atoms with Gasteiger partial charge in [0.25, 0.3) is 0 Å². The summed E-state index contributed by atoms with van der Waals surface area (Å²) in [6.45, 7) is 3.42. The molecular weight excluding hydrogens is 250 g/mol. The maximum absolute atomic E-state index is 12.6. The Morgan fingerprint density at radius 3 is 2.94 bits per heavy atom. The highest BCUT2D eigenvalue weighted by atomic mass is 35.5. The lowest BCUT2D eigenvalue weighted by Gasteiger charge is -2.34. The van der Waals surface area contributed by atoms with Gasteiger partial charge < -0.3 is 10.0 Å². The number of fused-ring (bicyclic) bond motifs is 2. The van der Waals surface area contributed by atoms with E-state index in [1.807, 2.05) is 30.0 Å². The SMILES string of the molecule is CCN1Cc2ccc(Cl)cc2C2(CC2CO)C1=O. The van der Waals surface area contributed by atoms with E-state index >= 15 is 0 Å². The predicted molar refractivity (Wildman–Crippen MR) is 69.4 cm³/mol. The lowest BCUT2D eigenvalue weighted by Crippen LogP contribution is -2.44.